The molecule has 0 aliphatic rings. The monoisotopic (exact) mass is 265 g/mol. The fourth-order valence-electron chi connectivity index (χ4n) is 1.62. The molecule has 0 bridgehead atoms. The molecule has 0 unspecified atom stereocenters. The molecule has 0 spiro atoms. The van der Waals surface area contributed by atoms with E-state index in [4.69, 9.17) is 5.11 Å². The van der Waals surface area contributed by atoms with E-state index in [1.807, 2.05) is 17.5 Å². The van der Waals surface area contributed by atoms with Crippen LogP contribution < -0.4 is 5.32 Å². The first kappa shape index (κ1) is 12.6. The summed E-state index contributed by atoms with van der Waals surface area (Å²) in [6.45, 7) is 0.617. The number of hydrogen-bond donors (Lipinski definition) is 2. The summed E-state index contributed by atoms with van der Waals surface area (Å²) in [4.78, 5) is 12.2. The van der Waals surface area contributed by atoms with Gasteiger partial charge >= 0.3 is 5.97 Å². The van der Waals surface area contributed by atoms with Crippen molar-refractivity contribution in [3.63, 3.8) is 0 Å². The van der Waals surface area contributed by atoms with E-state index < -0.39 is 11.8 Å². The van der Waals surface area contributed by atoms with Gasteiger partial charge < -0.3 is 10.4 Å². The molecule has 0 amide bonds. The van der Waals surface area contributed by atoms with Gasteiger partial charge in [0, 0.05) is 17.1 Å². The van der Waals surface area contributed by atoms with E-state index in [9.17, 15) is 9.18 Å². The predicted molar refractivity (Wildman–Crippen MR) is 69.9 cm³/mol. The van der Waals surface area contributed by atoms with Crippen LogP contribution in [0.3, 0.4) is 0 Å². The third kappa shape index (κ3) is 3.07. The van der Waals surface area contributed by atoms with Crippen molar-refractivity contribution in [3.05, 3.63) is 52.0 Å². The van der Waals surface area contributed by atoms with E-state index >= 15 is 0 Å². The van der Waals surface area contributed by atoms with Gasteiger partial charge in [-0.1, -0.05) is 6.07 Å². The molecule has 0 atom stereocenters. The Labute approximate surface area is 108 Å². The van der Waals surface area contributed by atoms with E-state index in [1.165, 1.54) is 17.0 Å². The zero-order chi connectivity index (χ0) is 13.0. The van der Waals surface area contributed by atoms with Gasteiger partial charge in [0.2, 0.25) is 0 Å². The lowest BCUT2D eigenvalue weighted by Crippen LogP contribution is -2.09. The molecular weight excluding hydrogens is 253 g/mol. The number of halogens is 1. The lowest BCUT2D eigenvalue weighted by molar-refractivity contribution is 0.0697. The minimum absolute atomic E-state index is 0.0406. The zero-order valence-corrected chi connectivity index (χ0v) is 10.3. The SMILES string of the molecule is O=C(O)c1cc(F)ccc1NCCc1cccs1. The van der Waals surface area contributed by atoms with E-state index in [0.29, 0.717) is 12.2 Å². The van der Waals surface area contributed by atoms with Crippen LogP contribution in [-0.4, -0.2) is 17.6 Å². The predicted octanol–water partition coefficient (Wildman–Crippen LogP) is 3.24. The highest BCUT2D eigenvalue weighted by atomic mass is 32.1. The number of aromatic carboxylic acids is 1. The maximum Gasteiger partial charge on any atom is 0.337 e. The summed E-state index contributed by atoms with van der Waals surface area (Å²) in [6.07, 6.45) is 0.814. The first-order chi connectivity index (χ1) is 8.66. The van der Waals surface area contributed by atoms with Crippen molar-refractivity contribution in [1.82, 2.24) is 0 Å². The van der Waals surface area contributed by atoms with Crippen molar-refractivity contribution >= 4 is 23.0 Å². The average Bonchev–Trinajstić information content (AvgIpc) is 2.84. The van der Waals surface area contributed by atoms with Crippen molar-refractivity contribution in [2.45, 2.75) is 6.42 Å². The molecule has 5 heteroatoms. The summed E-state index contributed by atoms with van der Waals surface area (Å²) >= 11 is 1.65. The maximum atomic E-state index is 13.0. The molecule has 2 rings (SSSR count). The van der Waals surface area contributed by atoms with Crippen molar-refractivity contribution in [3.8, 4) is 0 Å². The highest BCUT2D eigenvalue weighted by Gasteiger charge is 2.10. The Kier molecular flexibility index (Phi) is 3.94. The van der Waals surface area contributed by atoms with Crippen molar-refractivity contribution in [2.75, 3.05) is 11.9 Å². The van der Waals surface area contributed by atoms with E-state index in [0.717, 1.165) is 12.5 Å². The Morgan fingerprint density at radius 1 is 1.39 bits per heavy atom. The molecule has 1 heterocycles. The van der Waals surface area contributed by atoms with Crippen molar-refractivity contribution in [1.29, 1.82) is 0 Å². The lowest BCUT2D eigenvalue weighted by Gasteiger charge is -2.08. The van der Waals surface area contributed by atoms with Crippen molar-refractivity contribution in [2.24, 2.45) is 0 Å². The number of rotatable bonds is 5. The summed E-state index contributed by atoms with van der Waals surface area (Å²) in [5, 5.41) is 14.0. The molecular formula is C13H12FNO2S. The molecule has 1 aromatic carbocycles. The normalized spacial score (nSPS) is 10.3. The lowest BCUT2D eigenvalue weighted by atomic mass is 10.1. The van der Waals surface area contributed by atoms with Gasteiger partial charge in [-0.25, -0.2) is 9.18 Å². The Morgan fingerprint density at radius 2 is 2.22 bits per heavy atom. The van der Waals surface area contributed by atoms with Crippen LogP contribution in [0.2, 0.25) is 0 Å². The van der Waals surface area contributed by atoms with Crippen LogP contribution in [0.25, 0.3) is 0 Å². The summed E-state index contributed by atoms with van der Waals surface area (Å²) < 4.78 is 13.0. The fraction of sp³-hybridized carbons (Fsp3) is 0.154. The topological polar surface area (TPSA) is 49.3 Å². The molecule has 0 fully saturated rings. The van der Waals surface area contributed by atoms with Crippen LogP contribution in [0.1, 0.15) is 15.2 Å². The number of anilines is 1. The van der Waals surface area contributed by atoms with Gasteiger partial charge in [-0.3, -0.25) is 0 Å². The number of carbonyl (C=O) groups is 1. The minimum atomic E-state index is -1.13. The third-order valence-corrected chi connectivity index (χ3v) is 3.42. The highest BCUT2D eigenvalue weighted by Crippen LogP contribution is 2.17. The van der Waals surface area contributed by atoms with Crippen molar-refractivity contribution < 1.29 is 14.3 Å². The largest absolute Gasteiger partial charge is 0.478 e. The number of nitrogens with one attached hydrogen (secondary N) is 1. The molecule has 2 N–H and O–H groups in total. The Morgan fingerprint density at radius 3 is 2.89 bits per heavy atom. The highest BCUT2D eigenvalue weighted by molar-refractivity contribution is 7.09. The Bertz CT molecular complexity index is 540. The second kappa shape index (κ2) is 5.64. The summed E-state index contributed by atoms with van der Waals surface area (Å²) in [7, 11) is 0. The van der Waals surface area contributed by atoms with Gasteiger partial charge in [0.15, 0.2) is 0 Å². The Hall–Kier alpha value is -1.88. The molecule has 2 aromatic rings. The summed E-state index contributed by atoms with van der Waals surface area (Å²) in [6, 6.07) is 7.72. The average molecular weight is 265 g/mol. The second-order valence-corrected chi connectivity index (χ2v) is 4.78. The summed E-state index contributed by atoms with van der Waals surface area (Å²) in [5.74, 6) is -1.68. The first-order valence-corrected chi connectivity index (χ1v) is 6.34. The van der Waals surface area contributed by atoms with Crippen LogP contribution in [-0.2, 0) is 6.42 Å². The van der Waals surface area contributed by atoms with Crippen LogP contribution in [0.15, 0.2) is 35.7 Å². The van der Waals surface area contributed by atoms with Crippen LogP contribution in [0.5, 0.6) is 0 Å². The smallest absolute Gasteiger partial charge is 0.337 e. The Balaban J connectivity index is 2.02. The maximum absolute atomic E-state index is 13.0. The van der Waals surface area contributed by atoms with Gasteiger partial charge in [-0.2, -0.15) is 0 Å². The van der Waals surface area contributed by atoms with E-state index in [2.05, 4.69) is 5.32 Å². The number of thiophene rings is 1. The summed E-state index contributed by atoms with van der Waals surface area (Å²) in [5.41, 5.74) is 0.404. The molecule has 1 aromatic heterocycles. The van der Waals surface area contributed by atoms with Gasteiger partial charge in [-0.15, -0.1) is 11.3 Å². The van der Waals surface area contributed by atoms with Gasteiger partial charge in [0.25, 0.3) is 0 Å². The van der Waals surface area contributed by atoms with Crippen LogP contribution >= 0.6 is 11.3 Å². The minimum Gasteiger partial charge on any atom is -0.478 e. The molecule has 0 saturated heterocycles. The number of hydrogen-bond acceptors (Lipinski definition) is 3. The zero-order valence-electron chi connectivity index (χ0n) is 9.52. The van der Waals surface area contributed by atoms with E-state index in [1.54, 1.807) is 11.3 Å². The molecule has 0 saturated carbocycles. The third-order valence-electron chi connectivity index (χ3n) is 2.48. The fourth-order valence-corrected chi connectivity index (χ4v) is 2.33. The van der Waals surface area contributed by atoms with E-state index in [-0.39, 0.29) is 5.56 Å². The quantitative estimate of drug-likeness (QED) is 0.872. The molecule has 94 valence electrons. The molecule has 0 aliphatic carbocycles. The molecule has 0 aliphatic heterocycles. The van der Waals surface area contributed by atoms with Gasteiger partial charge in [0.1, 0.15) is 5.82 Å². The second-order valence-electron chi connectivity index (χ2n) is 3.75. The number of carboxylic acids is 1. The molecule has 3 nitrogen and oxygen atoms in total. The molecule has 18 heavy (non-hydrogen) atoms. The molecule has 0 radical (unpaired) electrons. The van der Waals surface area contributed by atoms with Gasteiger partial charge in [-0.05, 0) is 36.1 Å². The number of carboxylic acid groups (broad SMARTS) is 1. The standard InChI is InChI=1S/C13H12FNO2S/c14-9-3-4-12(11(8-9)13(16)17)15-6-5-10-2-1-7-18-10/h1-4,7-8,15H,5-6H2,(H,16,17). The van der Waals surface area contributed by atoms with Crippen LogP contribution in [0, 0.1) is 5.82 Å². The van der Waals surface area contributed by atoms with Gasteiger partial charge in [0.05, 0.1) is 5.56 Å². The number of benzene rings is 1. The first-order valence-electron chi connectivity index (χ1n) is 5.46. The van der Waals surface area contributed by atoms with Crippen LogP contribution in [0.4, 0.5) is 10.1 Å².